The molecular formula is C7H14N2O2S. The van der Waals surface area contributed by atoms with E-state index >= 15 is 0 Å². The molecule has 0 aliphatic carbocycles. The highest BCUT2D eigenvalue weighted by Gasteiger charge is 2.23. The summed E-state index contributed by atoms with van der Waals surface area (Å²) in [6.07, 6.45) is 1.81. The summed E-state index contributed by atoms with van der Waals surface area (Å²) in [6.45, 7) is 4.84. The standard InChI is InChI=1S/C7H14N2O2S/c1-7-4-3-5-9(6-7)12(10,11)8-2/h8H,1,3-6H2,2H3. The minimum Gasteiger partial charge on any atom is -0.205 e. The second-order valence-electron chi connectivity index (χ2n) is 2.90. The molecular weight excluding hydrogens is 176 g/mol. The Morgan fingerprint density at radius 1 is 1.58 bits per heavy atom. The van der Waals surface area contributed by atoms with Crippen molar-refractivity contribution in [1.82, 2.24) is 9.03 Å². The summed E-state index contributed by atoms with van der Waals surface area (Å²) >= 11 is 0. The summed E-state index contributed by atoms with van der Waals surface area (Å²) in [5, 5.41) is 0. The molecule has 0 atom stereocenters. The van der Waals surface area contributed by atoms with Gasteiger partial charge >= 0.3 is 0 Å². The Bertz CT molecular complexity index is 271. The van der Waals surface area contributed by atoms with Crippen LogP contribution in [0.25, 0.3) is 0 Å². The Morgan fingerprint density at radius 3 is 2.75 bits per heavy atom. The summed E-state index contributed by atoms with van der Waals surface area (Å²) in [5.41, 5.74) is 0.986. The predicted molar refractivity (Wildman–Crippen MR) is 47.9 cm³/mol. The van der Waals surface area contributed by atoms with E-state index in [4.69, 9.17) is 0 Å². The van der Waals surface area contributed by atoms with E-state index in [0.29, 0.717) is 13.1 Å². The second kappa shape index (κ2) is 3.55. The third-order valence-electron chi connectivity index (χ3n) is 1.94. The van der Waals surface area contributed by atoms with Crippen LogP contribution in [0.2, 0.25) is 0 Å². The first-order valence-electron chi connectivity index (χ1n) is 3.91. The molecule has 0 aromatic rings. The molecule has 0 bridgehead atoms. The fourth-order valence-corrected chi connectivity index (χ4v) is 2.23. The zero-order valence-electron chi connectivity index (χ0n) is 7.21. The Morgan fingerprint density at radius 2 is 2.25 bits per heavy atom. The van der Waals surface area contributed by atoms with Crippen LogP contribution in [0.4, 0.5) is 0 Å². The first kappa shape index (κ1) is 9.70. The van der Waals surface area contributed by atoms with Gasteiger partial charge in [-0.3, -0.25) is 0 Å². The maximum Gasteiger partial charge on any atom is 0.279 e. The van der Waals surface area contributed by atoms with Gasteiger partial charge in [0.25, 0.3) is 10.2 Å². The van der Waals surface area contributed by atoms with E-state index in [1.54, 1.807) is 0 Å². The topological polar surface area (TPSA) is 49.4 Å². The summed E-state index contributed by atoms with van der Waals surface area (Å²) in [6, 6.07) is 0. The van der Waals surface area contributed by atoms with E-state index in [-0.39, 0.29) is 0 Å². The molecule has 1 aliphatic rings. The number of piperidine rings is 1. The molecule has 1 heterocycles. The van der Waals surface area contributed by atoms with E-state index in [1.807, 2.05) is 0 Å². The van der Waals surface area contributed by atoms with Gasteiger partial charge in [0.05, 0.1) is 0 Å². The highest BCUT2D eigenvalue weighted by molar-refractivity contribution is 7.87. The van der Waals surface area contributed by atoms with Crippen LogP contribution in [0.1, 0.15) is 12.8 Å². The number of hydrogen-bond acceptors (Lipinski definition) is 2. The minimum atomic E-state index is -3.23. The SMILES string of the molecule is C=C1CCCN(S(=O)(=O)NC)C1. The first-order chi connectivity index (χ1) is 5.56. The predicted octanol–water partition coefficient (Wildman–Crippen LogP) is 0.103. The molecule has 4 nitrogen and oxygen atoms in total. The van der Waals surface area contributed by atoms with Gasteiger partial charge < -0.3 is 0 Å². The lowest BCUT2D eigenvalue weighted by atomic mass is 10.1. The monoisotopic (exact) mass is 190 g/mol. The molecule has 0 amide bonds. The van der Waals surface area contributed by atoms with E-state index in [9.17, 15) is 8.42 Å². The smallest absolute Gasteiger partial charge is 0.205 e. The Kier molecular flexibility index (Phi) is 2.87. The van der Waals surface area contributed by atoms with Crippen LogP contribution in [0, 0.1) is 0 Å². The van der Waals surface area contributed by atoms with Gasteiger partial charge in [0.15, 0.2) is 0 Å². The molecule has 1 fully saturated rings. The Labute approximate surface area is 73.4 Å². The first-order valence-corrected chi connectivity index (χ1v) is 5.35. The van der Waals surface area contributed by atoms with Gasteiger partial charge in [-0.2, -0.15) is 12.7 Å². The third kappa shape index (κ3) is 2.06. The Hall–Kier alpha value is -0.390. The molecule has 12 heavy (non-hydrogen) atoms. The molecule has 0 aromatic carbocycles. The molecule has 1 saturated heterocycles. The molecule has 1 N–H and O–H groups in total. The fourth-order valence-electron chi connectivity index (χ4n) is 1.25. The average Bonchev–Trinajstić information content (AvgIpc) is 2.05. The summed E-state index contributed by atoms with van der Waals surface area (Å²) < 4.78 is 26.3. The van der Waals surface area contributed by atoms with Gasteiger partial charge in [-0.1, -0.05) is 12.2 Å². The molecule has 0 aromatic heterocycles. The highest BCUT2D eigenvalue weighted by Crippen LogP contribution is 2.15. The average molecular weight is 190 g/mol. The molecule has 0 radical (unpaired) electrons. The van der Waals surface area contributed by atoms with Crippen LogP contribution in [-0.4, -0.2) is 32.9 Å². The van der Waals surface area contributed by atoms with Gasteiger partial charge in [-0.25, -0.2) is 4.72 Å². The second-order valence-corrected chi connectivity index (χ2v) is 4.77. The highest BCUT2D eigenvalue weighted by atomic mass is 32.2. The quantitative estimate of drug-likeness (QED) is 0.628. The maximum absolute atomic E-state index is 11.3. The van der Waals surface area contributed by atoms with Crippen molar-refractivity contribution in [2.75, 3.05) is 20.1 Å². The maximum atomic E-state index is 11.3. The summed E-state index contributed by atoms with van der Waals surface area (Å²) in [5.74, 6) is 0. The summed E-state index contributed by atoms with van der Waals surface area (Å²) in [7, 11) is -1.81. The van der Waals surface area contributed by atoms with Crippen molar-refractivity contribution in [3.8, 4) is 0 Å². The van der Waals surface area contributed by atoms with Crippen LogP contribution in [0.5, 0.6) is 0 Å². The number of nitrogens with one attached hydrogen (secondary N) is 1. The van der Waals surface area contributed by atoms with Crippen molar-refractivity contribution in [3.63, 3.8) is 0 Å². The zero-order chi connectivity index (χ0) is 9.19. The van der Waals surface area contributed by atoms with Crippen LogP contribution in [0.15, 0.2) is 12.2 Å². The van der Waals surface area contributed by atoms with E-state index in [2.05, 4.69) is 11.3 Å². The lowest BCUT2D eigenvalue weighted by Gasteiger charge is -2.26. The molecule has 1 rings (SSSR count). The molecule has 0 spiro atoms. The van der Waals surface area contributed by atoms with Gasteiger partial charge in [-0.15, -0.1) is 0 Å². The van der Waals surface area contributed by atoms with Crippen molar-refractivity contribution >= 4 is 10.2 Å². The number of nitrogens with zero attached hydrogens (tertiary/aromatic N) is 1. The van der Waals surface area contributed by atoms with Gasteiger partial charge in [0.2, 0.25) is 0 Å². The van der Waals surface area contributed by atoms with E-state index in [1.165, 1.54) is 11.4 Å². The van der Waals surface area contributed by atoms with Gasteiger partial charge in [0, 0.05) is 20.1 Å². The molecule has 1 aliphatic heterocycles. The molecule has 0 unspecified atom stereocenters. The zero-order valence-corrected chi connectivity index (χ0v) is 8.02. The van der Waals surface area contributed by atoms with Crippen molar-refractivity contribution in [3.05, 3.63) is 12.2 Å². The normalized spacial score (nSPS) is 21.2. The lowest BCUT2D eigenvalue weighted by Crippen LogP contribution is -2.42. The van der Waals surface area contributed by atoms with Crippen molar-refractivity contribution in [2.24, 2.45) is 0 Å². The largest absolute Gasteiger partial charge is 0.279 e. The van der Waals surface area contributed by atoms with Gasteiger partial charge in [-0.05, 0) is 12.8 Å². The molecule has 5 heteroatoms. The fraction of sp³-hybridized carbons (Fsp3) is 0.714. The third-order valence-corrected chi connectivity index (χ3v) is 3.44. The molecule has 70 valence electrons. The van der Waals surface area contributed by atoms with Crippen molar-refractivity contribution < 1.29 is 8.42 Å². The number of rotatable bonds is 2. The van der Waals surface area contributed by atoms with E-state index in [0.717, 1.165) is 18.4 Å². The van der Waals surface area contributed by atoms with Crippen LogP contribution < -0.4 is 4.72 Å². The Balaban J connectivity index is 2.70. The number of hydrogen-bond donors (Lipinski definition) is 1. The van der Waals surface area contributed by atoms with Gasteiger partial charge in [0.1, 0.15) is 0 Å². The van der Waals surface area contributed by atoms with Crippen LogP contribution in [0.3, 0.4) is 0 Å². The lowest BCUT2D eigenvalue weighted by molar-refractivity contribution is 0.391. The minimum absolute atomic E-state index is 0.461. The van der Waals surface area contributed by atoms with Crippen molar-refractivity contribution in [1.29, 1.82) is 0 Å². The summed E-state index contributed by atoms with van der Waals surface area (Å²) in [4.78, 5) is 0. The van der Waals surface area contributed by atoms with Crippen LogP contribution >= 0.6 is 0 Å². The van der Waals surface area contributed by atoms with Crippen molar-refractivity contribution in [2.45, 2.75) is 12.8 Å². The molecule has 0 saturated carbocycles. The van der Waals surface area contributed by atoms with Crippen LogP contribution in [-0.2, 0) is 10.2 Å². The van der Waals surface area contributed by atoms with E-state index < -0.39 is 10.2 Å².